The molecule has 21 heavy (non-hydrogen) atoms. The van der Waals surface area contributed by atoms with Crippen molar-refractivity contribution >= 4 is 5.91 Å². The van der Waals surface area contributed by atoms with Crippen molar-refractivity contribution < 1.29 is 9.53 Å². The number of carbonyl (C=O) groups is 1. The van der Waals surface area contributed by atoms with Crippen LogP contribution in [0.3, 0.4) is 0 Å². The second kappa shape index (κ2) is 7.40. The normalized spacial score (nSPS) is 10.3. The number of carbonyl (C=O) groups excluding carboxylic acids is 1. The van der Waals surface area contributed by atoms with Crippen LogP contribution in [-0.2, 0) is 17.9 Å². The Kier molecular flexibility index (Phi) is 5.29. The predicted molar refractivity (Wildman–Crippen MR) is 80.0 cm³/mol. The Balaban J connectivity index is 2.03. The van der Waals surface area contributed by atoms with E-state index in [0.717, 1.165) is 11.1 Å². The monoisotopic (exact) mass is 286 g/mol. The fraction of sp³-hybridized carbons (Fsp3) is 0.250. The van der Waals surface area contributed by atoms with Crippen molar-refractivity contribution in [1.29, 1.82) is 0 Å². The molecule has 0 spiro atoms. The Labute approximate surface area is 123 Å². The fourth-order valence-corrected chi connectivity index (χ4v) is 1.93. The molecule has 0 aliphatic carbocycles. The molecule has 0 unspecified atom stereocenters. The van der Waals surface area contributed by atoms with Gasteiger partial charge < -0.3 is 15.0 Å². The molecule has 1 aromatic carbocycles. The molecular weight excluding hydrogens is 268 g/mol. The van der Waals surface area contributed by atoms with E-state index in [1.165, 1.54) is 6.07 Å². The molecule has 2 N–H and O–H groups in total. The van der Waals surface area contributed by atoms with Gasteiger partial charge in [-0.25, -0.2) is 0 Å². The van der Waals surface area contributed by atoms with Crippen molar-refractivity contribution in [2.45, 2.75) is 20.1 Å². The summed E-state index contributed by atoms with van der Waals surface area (Å²) < 4.78 is 5.41. The summed E-state index contributed by atoms with van der Waals surface area (Å²) in [7, 11) is 0. The lowest BCUT2D eigenvalue weighted by Gasteiger charge is -2.10. The smallest absolute Gasteiger partial charge is 0.268 e. The lowest BCUT2D eigenvalue weighted by atomic mass is 10.1. The van der Waals surface area contributed by atoms with Gasteiger partial charge in [-0.1, -0.05) is 30.3 Å². The van der Waals surface area contributed by atoms with E-state index in [4.69, 9.17) is 4.74 Å². The van der Waals surface area contributed by atoms with Gasteiger partial charge in [0.2, 0.25) is 5.56 Å². The number of amides is 1. The Morgan fingerprint density at radius 3 is 2.62 bits per heavy atom. The molecule has 0 aliphatic rings. The van der Waals surface area contributed by atoms with Crippen LogP contribution in [0.4, 0.5) is 0 Å². The van der Waals surface area contributed by atoms with Gasteiger partial charge in [-0.3, -0.25) is 9.59 Å². The number of pyridine rings is 1. The molecule has 0 fully saturated rings. The van der Waals surface area contributed by atoms with E-state index in [2.05, 4.69) is 10.3 Å². The minimum Gasteiger partial charge on any atom is -0.377 e. The molecule has 0 radical (unpaired) electrons. The van der Waals surface area contributed by atoms with Crippen LogP contribution >= 0.6 is 0 Å². The Morgan fingerprint density at radius 2 is 1.90 bits per heavy atom. The zero-order chi connectivity index (χ0) is 15.1. The summed E-state index contributed by atoms with van der Waals surface area (Å²) >= 11 is 0. The van der Waals surface area contributed by atoms with Crippen molar-refractivity contribution in [2.24, 2.45) is 0 Å². The highest BCUT2D eigenvalue weighted by Crippen LogP contribution is 2.10. The maximum absolute atomic E-state index is 12.0. The predicted octanol–water partition coefficient (Wildman–Crippen LogP) is 1.84. The van der Waals surface area contributed by atoms with E-state index < -0.39 is 0 Å². The van der Waals surface area contributed by atoms with Crippen LogP contribution in [0, 0.1) is 0 Å². The van der Waals surface area contributed by atoms with Crippen molar-refractivity contribution in [3.05, 3.63) is 69.6 Å². The van der Waals surface area contributed by atoms with Gasteiger partial charge in [0, 0.05) is 19.2 Å². The molecule has 1 aromatic heterocycles. The molecule has 0 aliphatic heterocycles. The number of hydrogen-bond donors (Lipinski definition) is 2. The van der Waals surface area contributed by atoms with Gasteiger partial charge in [0.15, 0.2) is 0 Å². The third-order valence-corrected chi connectivity index (χ3v) is 3.03. The third kappa shape index (κ3) is 4.29. The van der Waals surface area contributed by atoms with Crippen LogP contribution in [0.25, 0.3) is 0 Å². The van der Waals surface area contributed by atoms with Crippen molar-refractivity contribution in [1.82, 2.24) is 10.3 Å². The molecular formula is C16H18N2O3. The average Bonchev–Trinajstić information content (AvgIpc) is 2.51. The molecule has 0 saturated heterocycles. The van der Waals surface area contributed by atoms with Gasteiger partial charge >= 0.3 is 0 Å². The van der Waals surface area contributed by atoms with E-state index in [-0.39, 0.29) is 17.2 Å². The molecule has 1 amide bonds. The molecule has 1 heterocycles. The van der Waals surface area contributed by atoms with Crippen molar-refractivity contribution in [3.63, 3.8) is 0 Å². The molecule has 110 valence electrons. The number of aromatic amines is 1. The first-order chi connectivity index (χ1) is 10.2. The van der Waals surface area contributed by atoms with E-state index >= 15 is 0 Å². The van der Waals surface area contributed by atoms with Crippen LogP contribution in [0.15, 0.2) is 47.3 Å². The first-order valence-corrected chi connectivity index (χ1v) is 6.82. The summed E-state index contributed by atoms with van der Waals surface area (Å²) in [5.41, 5.74) is 2.00. The van der Waals surface area contributed by atoms with E-state index in [1.807, 2.05) is 31.2 Å². The van der Waals surface area contributed by atoms with Crippen LogP contribution in [-0.4, -0.2) is 17.5 Å². The minimum absolute atomic E-state index is 0.254. The number of H-pyrrole nitrogens is 1. The second-order valence-electron chi connectivity index (χ2n) is 4.52. The average molecular weight is 286 g/mol. The molecule has 2 aromatic rings. The number of ether oxygens (including phenoxy) is 1. The first kappa shape index (κ1) is 15.0. The third-order valence-electron chi connectivity index (χ3n) is 3.03. The zero-order valence-electron chi connectivity index (χ0n) is 11.9. The summed E-state index contributed by atoms with van der Waals surface area (Å²) in [6.07, 6.45) is 0. The van der Waals surface area contributed by atoms with E-state index in [0.29, 0.717) is 19.8 Å². The number of rotatable bonds is 6. The maximum Gasteiger partial charge on any atom is 0.268 e. The highest BCUT2D eigenvalue weighted by atomic mass is 16.5. The van der Waals surface area contributed by atoms with Crippen LogP contribution in [0.5, 0.6) is 0 Å². The second-order valence-corrected chi connectivity index (χ2v) is 4.52. The standard InChI is InChI=1S/C16H18N2O3/c1-2-21-11-13-7-4-3-6-12(13)10-17-16(20)14-8-5-9-15(19)18-14/h3-9H,2,10-11H2,1H3,(H,17,20)(H,18,19). The number of nitrogens with one attached hydrogen (secondary N) is 2. The van der Waals surface area contributed by atoms with Crippen molar-refractivity contribution in [3.8, 4) is 0 Å². The van der Waals surface area contributed by atoms with E-state index in [9.17, 15) is 9.59 Å². The van der Waals surface area contributed by atoms with Gasteiger partial charge in [0.1, 0.15) is 5.69 Å². The summed E-state index contributed by atoms with van der Waals surface area (Å²) in [5.74, 6) is -0.307. The zero-order valence-corrected chi connectivity index (χ0v) is 11.9. The van der Waals surface area contributed by atoms with Crippen molar-refractivity contribution in [2.75, 3.05) is 6.61 Å². The Bertz CT molecular complexity index is 664. The van der Waals surface area contributed by atoms with Gasteiger partial charge in [-0.2, -0.15) is 0 Å². The van der Waals surface area contributed by atoms with Gasteiger partial charge in [-0.05, 0) is 24.1 Å². The SMILES string of the molecule is CCOCc1ccccc1CNC(=O)c1cccc(=O)[nH]1. The van der Waals surface area contributed by atoms with Crippen LogP contribution in [0.1, 0.15) is 28.5 Å². The number of hydrogen-bond acceptors (Lipinski definition) is 3. The minimum atomic E-state index is -0.307. The lowest BCUT2D eigenvalue weighted by molar-refractivity contribution is 0.0944. The Morgan fingerprint density at radius 1 is 1.14 bits per heavy atom. The number of benzene rings is 1. The van der Waals surface area contributed by atoms with E-state index in [1.54, 1.807) is 12.1 Å². The topological polar surface area (TPSA) is 71.2 Å². The van der Waals surface area contributed by atoms with Gasteiger partial charge in [0.05, 0.1) is 6.61 Å². The fourth-order valence-electron chi connectivity index (χ4n) is 1.93. The molecule has 0 bridgehead atoms. The molecule has 5 heteroatoms. The summed E-state index contributed by atoms with van der Waals surface area (Å²) in [6.45, 7) is 3.49. The van der Waals surface area contributed by atoms with Crippen LogP contribution < -0.4 is 10.9 Å². The summed E-state index contributed by atoms with van der Waals surface area (Å²) in [6, 6.07) is 12.3. The summed E-state index contributed by atoms with van der Waals surface area (Å²) in [5, 5.41) is 2.79. The maximum atomic E-state index is 12.0. The quantitative estimate of drug-likeness (QED) is 0.851. The molecule has 2 rings (SSSR count). The molecule has 0 saturated carbocycles. The highest BCUT2D eigenvalue weighted by Gasteiger charge is 2.07. The highest BCUT2D eigenvalue weighted by molar-refractivity contribution is 5.92. The van der Waals surface area contributed by atoms with Gasteiger partial charge in [0.25, 0.3) is 5.91 Å². The first-order valence-electron chi connectivity index (χ1n) is 6.82. The van der Waals surface area contributed by atoms with Gasteiger partial charge in [-0.15, -0.1) is 0 Å². The largest absolute Gasteiger partial charge is 0.377 e. The van der Waals surface area contributed by atoms with Crippen LogP contribution in [0.2, 0.25) is 0 Å². The molecule has 0 atom stereocenters. The Hall–Kier alpha value is -2.40. The molecule has 5 nitrogen and oxygen atoms in total. The lowest BCUT2D eigenvalue weighted by Crippen LogP contribution is -2.26. The number of aromatic nitrogens is 1. The summed E-state index contributed by atoms with van der Waals surface area (Å²) in [4.78, 5) is 25.7.